The summed E-state index contributed by atoms with van der Waals surface area (Å²) < 4.78 is 0. The Morgan fingerprint density at radius 2 is 1.61 bits per heavy atom. The van der Waals surface area contributed by atoms with Gasteiger partial charge in [-0.1, -0.05) is 66.3 Å². The number of nitrogens with zero attached hydrogens (tertiary/aromatic N) is 1. The van der Waals surface area contributed by atoms with E-state index in [1.54, 1.807) is 0 Å². The van der Waals surface area contributed by atoms with Gasteiger partial charge in [-0.25, -0.2) is 0 Å². The Morgan fingerprint density at radius 1 is 0.944 bits per heavy atom. The first-order chi connectivity index (χ1) is 8.58. The van der Waals surface area contributed by atoms with Crippen LogP contribution in [0.4, 0.5) is 0 Å². The number of rotatable bonds is 2. The molecule has 1 nitrogen and oxygen atoms in total. The van der Waals surface area contributed by atoms with E-state index in [1.165, 1.54) is 16.7 Å². The van der Waals surface area contributed by atoms with Gasteiger partial charge in [-0.2, -0.15) is 0 Å². The quantitative estimate of drug-likeness (QED) is 0.749. The molecule has 0 aliphatic rings. The Bertz CT molecular complexity index is 556. The lowest BCUT2D eigenvalue weighted by Gasteiger charge is -2.14. The monoisotopic (exact) mass is 255 g/mol. The van der Waals surface area contributed by atoms with Crippen LogP contribution < -0.4 is 0 Å². The molecule has 0 aliphatic carbocycles. The fraction of sp³-hybridized carbons (Fsp3) is 0.188. The standard InChI is InChI=1S/C16H17NS/c1-12-5-4-6-15(11-12)13-7-9-14(10-8-13)16(18)17(2)3/h4-11H,1-3H3. The van der Waals surface area contributed by atoms with Crippen molar-refractivity contribution in [3.8, 4) is 11.1 Å². The molecule has 0 radical (unpaired) electrons. The van der Waals surface area contributed by atoms with Crippen LogP contribution in [0.2, 0.25) is 0 Å². The summed E-state index contributed by atoms with van der Waals surface area (Å²) in [4.78, 5) is 2.82. The van der Waals surface area contributed by atoms with Crippen molar-refractivity contribution in [2.75, 3.05) is 14.1 Å². The molecule has 18 heavy (non-hydrogen) atoms. The predicted octanol–water partition coefficient (Wildman–Crippen LogP) is 3.90. The molecule has 0 saturated heterocycles. The molecule has 2 aromatic rings. The van der Waals surface area contributed by atoms with Crippen LogP contribution in [-0.4, -0.2) is 24.0 Å². The van der Waals surface area contributed by atoms with Gasteiger partial charge in [0.1, 0.15) is 4.99 Å². The van der Waals surface area contributed by atoms with Crippen LogP contribution in [0.3, 0.4) is 0 Å². The van der Waals surface area contributed by atoms with Crippen molar-refractivity contribution in [2.45, 2.75) is 6.92 Å². The molecule has 0 heterocycles. The topological polar surface area (TPSA) is 3.24 Å². The number of hydrogen-bond acceptors (Lipinski definition) is 1. The fourth-order valence-electron chi connectivity index (χ4n) is 1.89. The molecule has 0 fully saturated rings. The number of aryl methyl sites for hydroxylation is 1. The molecule has 0 unspecified atom stereocenters. The molecule has 0 spiro atoms. The summed E-state index contributed by atoms with van der Waals surface area (Å²) in [6.45, 7) is 2.11. The maximum absolute atomic E-state index is 5.35. The fourth-order valence-corrected chi connectivity index (χ4v) is 2.02. The Morgan fingerprint density at radius 3 is 2.17 bits per heavy atom. The van der Waals surface area contributed by atoms with E-state index < -0.39 is 0 Å². The van der Waals surface area contributed by atoms with E-state index in [0.29, 0.717) is 0 Å². The van der Waals surface area contributed by atoms with Crippen LogP contribution in [0.25, 0.3) is 11.1 Å². The van der Waals surface area contributed by atoms with Gasteiger partial charge in [-0.3, -0.25) is 0 Å². The van der Waals surface area contributed by atoms with Crippen LogP contribution in [0, 0.1) is 6.92 Å². The second kappa shape index (κ2) is 5.32. The van der Waals surface area contributed by atoms with Gasteiger partial charge in [0, 0.05) is 19.7 Å². The molecule has 0 saturated carbocycles. The molecule has 0 N–H and O–H groups in total. The smallest absolute Gasteiger partial charge is 0.108 e. The average Bonchev–Trinajstić information content (AvgIpc) is 2.38. The number of hydrogen-bond donors (Lipinski definition) is 0. The van der Waals surface area contributed by atoms with Gasteiger partial charge in [0.2, 0.25) is 0 Å². The van der Waals surface area contributed by atoms with E-state index >= 15 is 0 Å². The van der Waals surface area contributed by atoms with Crippen LogP contribution in [0.15, 0.2) is 48.5 Å². The zero-order valence-corrected chi connectivity index (χ0v) is 11.8. The maximum atomic E-state index is 5.35. The summed E-state index contributed by atoms with van der Waals surface area (Å²) in [6.07, 6.45) is 0. The van der Waals surface area contributed by atoms with Gasteiger partial charge in [0.25, 0.3) is 0 Å². The minimum atomic E-state index is 0.866. The predicted molar refractivity (Wildman–Crippen MR) is 82.0 cm³/mol. The summed E-state index contributed by atoms with van der Waals surface area (Å²) in [6, 6.07) is 16.9. The molecule has 2 aromatic carbocycles. The van der Waals surface area contributed by atoms with Crippen LogP contribution in [0.5, 0.6) is 0 Å². The molecule has 2 heteroatoms. The van der Waals surface area contributed by atoms with Gasteiger partial charge in [0.05, 0.1) is 0 Å². The third-order valence-corrected chi connectivity index (χ3v) is 3.49. The average molecular weight is 255 g/mol. The van der Waals surface area contributed by atoms with Crippen molar-refractivity contribution in [2.24, 2.45) is 0 Å². The van der Waals surface area contributed by atoms with Gasteiger partial charge in [-0.05, 0) is 18.1 Å². The lowest BCUT2D eigenvalue weighted by molar-refractivity contribution is 0.636. The highest BCUT2D eigenvalue weighted by molar-refractivity contribution is 7.80. The molecule has 92 valence electrons. The van der Waals surface area contributed by atoms with Crippen molar-refractivity contribution in [1.82, 2.24) is 4.90 Å². The first kappa shape index (κ1) is 12.8. The minimum Gasteiger partial charge on any atom is -0.368 e. The normalized spacial score (nSPS) is 10.2. The summed E-state index contributed by atoms with van der Waals surface area (Å²) in [5, 5.41) is 0. The largest absolute Gasteiger partial charge is 0.368 e. The summed E-state index contributed by atoms with van der Waals surface area (Å²) in [5.41, 5.74) is 4.84. The van der Waals surface area contributed by atoms with Gasteiger partial charge >= 0.3 is 0 Å². The Balaban J connectivity index is 2.30. The first-order valence-corrected chi connectivity index (χ1v) is 6.37. The van der Waals surface area contributed by atoms with Crippen molar-refractivity contribution >= 4 is 17.2 Å². The Labute approximate surface area is 114 Å². The molecular weight excluding hydrogens is 238 g/mol. The Hall–Kier alpha value is -1.67. The summed E-state index contributed by atoms with van der Waals surface area (Å²) >= 11 is 5.35. The van der Waals surface area contributed by atoms with E-state index in [2.05, 4.69) is 55.5 Å². The lowest BCUT2D eigenvalue weighted by Crippen LogP contribution is -2.20. The van der Waals surface area contributed by atoms with E-state index in [4.69, 9.17) is 12.2 Å². The summed E-state index contributed by atoms with van der Waals surface area (Å²) in [7, 11) is 3.94. The minimum absolute atomic E-state index is 0.866. The van der Waals surface area contributed by atoms with E-state index in [0.717, 1.165) is 10.6 Å². The molecule has 0 atom stereocenters. The zero-order valence-electron chi connectivity index (χ0n) is 11.0. The van der Waals surface area contributed by atoms with Gasteiger partial charge < -0.3 is 4.90 Å². The first-order valence-electron chi connectivity index (χ1n) is 5.96. The molecule has 0 aromatic heterocycles. The van der Waals surface area contributed by atoms with Crippen LogP contribution >= 0.6 is 12.2 Å². The van der Waals surface area contributed by atoms with Crippen molar-refractivity contribution in [1.29, 1.82) is 0 Å². The zero-order chi connectivity index (χ0) is 13.1. The van der Waals surface area contributed by atoms with Crippen LogP contribution in [-0.2, 0) is 0 Å². The highest BCUT2D eigenvalue weighted by atomic mass is 32.1. The molecule has 0 aliphatic heterocycles. The van der Waals surface area contributed by atoms with Crippen molar-refractivity contribution < 1.29 is 0 Å². The maximum Gasteiger partial charge on any atom is 0.108 e. The molecule has 0 amide bonds. The third-order valence-electron chi connectivity index (χ3n) is 2.89. The van der Waals surface area contributed by atoms with Gasteiger partial charge in [0.15, 0.2) is 0 Å². The van der Waals surface area contributed by atoms with E-state index in [9.17, 15) is 0 Å². The van der Waals surface area contributed by atoms with E-state index in [-0.39, 0.29) is 0 Å². The number of benzene rings is 2. The van der Waals surface area contributed by atoms with Crippen molar-refractivity contribution in [3.05, 3.63) is 59.7 Å². The van der Waals surface area contributed by atoms with Crippen molar-refractivity contribution in [3.63, 3.8) is 0 Å². The molecule has 2 rings (SSSR count). The second-order valence-electron chi connectivity index (χ2n) is 4.65. The summed E-state index contributed by atoms with van der Waals surface area (Å²) in [5.74, 6) is 0. The second-order valence-corrected chi connectivity index (χ2v) is 5.03. The van der Waals surface area contributed by atoms with Crippen LogP contribution in [0.1, 0.15) is 11.1 Å². The SMILES string of the molecule is Cc1cccc(-c2ccc(C(=S)N(C)C)cc2)c1. The Kier molecular flexibility index (Phi) is 3.78. The molecular formula is C16H17NS. The molecule has 0 bridgehead atoms. The van der Waals surface area contributed by atoms with E-state index in [1.807, 2.05) is 19.0 Å². The van der Waals surface area contributed by atoms with Gasteiger partial charge in [-0.15, -0.1) is 0 Å². The highest BCUT2D eigenvalue weighted by Crippen LogP contribution is 2.21. The lowest BCUT2D eigenvalue weighted by atomic mass is 10.0. The third kappa shape index (κ3) is 2.77. The highest BCUT2D eigenvalue weighted by Gasteiger charge is 2.03. The number of thiocarbonyl (C=S) groups is 1.